The van der Waals surface area contributed by atoms with Crippen molar-refractivity contribution in [2.45, 2.75) is 56.4 Å². The first-order chi connectivity index (χ1) is 18.9. The molecule has 10 heteroatoms. The summed E-state index contributed by atoms with van der Waals surface area (Å²) in [6.07, 6.45) is -4.04. The topological polar surface area (TPSA) is 77.1 Å². The summed E-state index contributed by atoms with van der Waals surface area (Å²) in [5.74, 6) is -0.730. The number of likely N-dealkylation sites (tertiary alicyclic amines) is 1. The van der Waals surface area contributed by atoms with Crippen LogP contribution in [-0.4, -0.2) is 69.0 Å². The molecular weight excluding hydrogens is 525 g/mol. The molecule has 2 heterocycles. The van der Waals surface area contributed by atoms with Gasteiger partial charge >= 0.3 is 6.18 Å². The van der Waals surface area contributed by atoms with E-state index in [2.05, 4.69) is 5.32 Å². The van der Waals surface area contributed by atoms with Crippen LogP contribution in [-0.2, 0) is 24.7 Å². The standard InChI is InChI=1S/C30H37F3N2O5/c1-27(2,38-3)20-40-24-13-9-8-12-22(24)23-19-34-25(36)18-28(23)14-16-35(17-15-28)26(37)29(39-4,30(31,32)33)21-10-6-5-7-11-21/h5-13,23H,14-20H2,1-4H3,(H,34,36)/t23?,29-/m1/s1. The number of alkyl halides is 3. The van der Waals surface area contributed by atoms with Crippen molar-refractivity contribution >= 4 is 11.8 Å². The van der Waals surface area contributed by atoms with Crippen molar-refractivity contribution < 1.29 is 37.0 Å². The van der Waals surface area contributed by atoms with E-state index in [0.29, 0.717) is 31.7 Å². The van der Waals surface area contributed by atoms with Crippen LogP contribution in [0.15, 0.2) is 54.6 Å². The van der Waals surface area contributed by atoms with E-state index in [0.717, 1.165) is 12.7 Å². The average Bonchev–Trinajstić information content (AvgIpc) is 2.93. The Kier molecular flexibility index (Phi) is 8.52. The predicted molar refractivity (Wildman–Crippen MR) is 143 cm³/mol. The summed E-state index contributed by atoms with van der Waals surface area (Å²) in [6.45, 7) is 4.65. The highest BCUT2D eigenvalue weighted by molar-refractivity contribution is 5.88. The molecule has 2 aliphatic heterocycles. The van der Waals surface area contributed by atoms with Gasteiger partial charge < -0.3 is 24.4 Å². The van der Waals surface area contributed by atoms with E-state index >= 15 is 0 Å². The summed E-state index contributed by atoms with van der Waals surface area (Å²) in [7, 11) is 2.53. The lowest BCUT2D eigenvalue weighted by Gasteiger charge is -2.50. The van der Waals surface area contributed by atoms with E-state index in [9.17, 15) is 22.8 Å². The van der Waals surface area contributed by atoms with Crippen molar-refractivity contribution in [2.24, 2.45) is 5.41 Å². The van der Waals surface area contributed by atoms with Crippen LogP contribution in [0.4, 0.5) is 13.2 Å². The maximum atomic E-state index is 14.5. The molecule has 7 nitrogen and oxygen atoms in total. The van der Waals surface area contributed by atoms with Gasteiger partial charge in [-0.2, -0.15) is 13.2 Å². The number of carbonyl (C=O) groups is 2. The SMILES string of the molecule is COC(C)(C)COc1ccccc1C1CNC(=O)CC12CCN(C(=O)[C@](OC)(c1ccccc1)C(F)(F)F)CC2. The molecule has 2 aromatic rings. The van der Waals surface area contributed by atoms with Crippen LogP contribution in [0.2, 0.25) is 0 Å². The zero-order chi connectivity index (χ0) is 29.2. The minimum Gasteiger partial charge on any atom is -0.490 e. The van der Waals surface area contributed by atoms with Gasteiger partial charge in [-0.25, -0.2) is 0 Å². The Morgan fingerprint density at radius 2 is 1.62 bits per heavy atom. The molecule has 218 valence electrons. The summed E-state index contributed by atoms with van der Waals surface area (Å²) in [6, 6.07) is 14.6. The minimum absolute atomic E-state index is 0.0658. The van der Waals surface area contributed by atoms with Gasteiger partial charge in [0.25, 0.3) is 11.5 Å². The molecule has 2 atom stereocenters. The number of nitrogens with zero attached hydrogens (tertiary/aromatic N) is 1. The molecule has 2 saturated heterocycles. The molecule has 2 aliphatic rings. The van der Waals surface area contributed by atoms with Crippen LogP contribution in [0.5, 0.6) is 5.75 Å². The first kappa shape index (κ1) is 29.9. The first-order valence-electron chi connectivity index (χ1n) is 13.4. The zero-order valence-corrected chi connectivity index (χ0v) is 23.3. The van der Waals surface area contributed by atoms with Crippen LogP contribution in [0.1, 0.15) is 50.2 Å². The number of hydrogen-bond acceptors (Lipinski definition) is 5. The third-order valence-electron chi connectivity index (χ3n) is 8.41. The fourth-order valence-corrected chi connectivity index (χ4v) is 5.89. The number of halogens is 3. The first-order valence-corrected chi connectivity index (χ1v) is 13.4. The number of nitrogens with one attached hydrogen (secondary N) is 1. The van der Waals surface area contributed by atoms with Gasteiger partial charge in [0.1, 0.15) is 12.4 Å². The van der Waals surface area contributed by atoms with Gasteiger partial charge in [0, 0.05) is 51.8 Å². The number of amides is 2. The highest BCUT2D eigenvalue weighted by Crippen LogP contribution is 2.52. The van der Waals surface area contributed by atoms with Crippen molar-refractivity contribution in [1.82, 2.24) is 10.2 Å². The molecule has 1 N–H and O–H groups in total. The monoisotopic (exact) mass is 562 g/mol. The molecule has 4 rings (SSSR count). The van der Waals surface area contributed by atoms with Gasteiger partial charge in [-0.3, -0.25) is 9.59 Å². The van der Waals surface area contributed by atoms with Gasteiger partial charge in [0.15, 0.2) is 0 Å². The molecule has 0 aliphatic carbocycles. The number of rotatable bonds is 8. The smallest absolute Gasteiger partial charge is 0.430 e. The molecule has 40 heavy (non-hydrogen) atoms. The average molecular weight is 563 g/mol. The van der Waals surface area contributed by atoms with Crippen molar-refractivity contribution in [1.29, 1.82) is 0 Å². The highest BCUT2D eigenvalue weighted by atomic mass is 19.4. The van der Waals surface area contributed by atoms with Crippen LogP contribution in [0.3, 0.4) is 0 Å². The quantitative estimate of drug-likeness (QED) is 0.500. The Balaban J connectivity index is 1.61. The van der Waals surface area contributed by atoms with Crippen LogP contribution < -0.4 is 10.1 Å². The van der Waals surface area contributed by atoms with Crippen molar-refractivity contribution in [2.75, 3.05) is 40.5 Å². The van der Waals surface area contributed by atoms with Crippen molar-refractivity contribution in [3.05, 3.63) is 65.7 Å². The Hall–Kier alpha value is -3.11. The van der Waals surface area contributed by atoms with E-state index in [1.165, 1.54) is 29.2 Å². The van der Waals surface area contributed by atoms with Gasteiger partial charge in [-0.1, -0.05) is 48.5 Å². The number of methoxy groups -OCH3 is 2. The highest BCUT2D eigenvalue weighted by Gasteiger charge is 2.64. The fourth-order valence-electron chi connectivity index (χ4n) is 5.89. The number of benzene rings is 2. The largest absolute Gasteiger partial charge is 0.490 e. The van der Waals surface area contributed by atoms with Crippen LogP contribution >= 0.6 is 0 Å². The zero-order valence-electron chi connectivity index (χ0n) is 23.3. The van der Waals surface area contributed by atoms with Crippen LogP contribution in [0, 0.1) is 5.41 Å². The number of para-hydroxylation sites is 1. The van der Waals surface area contributed by atoms with E-state index in [1.807, 2.05) is 38.1 Å². The second kappa shape index (κ2) is 11.4. The van der Waals surface area contributed by atoms with Gasteiger partial charge in [0.2, 0.25) is 5.91 Å². The number of carbonyl (C=O) groups excluding carboxylic acids is 2. The molecule has 1 spiro atoms. The summed E-state index contributed by atoms with van der Waals surface area (Å²) in [4.78, 5) is 27.5. The maximum Gasteiger partial charge on any atom is 0.430 e. The predicted octanol–water partition coefficient (Wildman–Crippen LogP) is 4.81. The molecule has 1 unspecified atom stereocenters. The number of piperidine rings is 2. The minimum atomic E-state index is -4.98. The molecule has 2 aromatic carbocycles. The van der Waals surface area contributed by atoms with Gasteiger partial charge in [-0.15, -0.1) is 0 Å². The van der Waals surface area contributed by atoms with E-state index in [1.54, 1.807) is 13.2 Å². The Morgan fingerprint density at radius 3 is 2.23 bits per heavy atom. The molecule has 2 amide bonds. The number of ether oxygens (including phenoxy) is 3. The summed E-state index contributed by atoms with van der Waals surface area (Å²) < 4.78 is 60.3. The third-order valence-corrected chi connectivity index (χ3v) is 8.41. The summed E-state index contributed by atoms with van der Waals surface area (Å²) in [5.41, 5.74) is -3.52. The van der Waals surface area contributed by atoms with Crippen molar-refractivity contribution in [3.8, 4) is 5.75 Å². The second-order valence-corrected chi connectivity index (χ2v) is 11.2. The fraction of sp³-hybridized carbons (Fsp3) is 0.533. The van der Waals surface area contributed by atoms with Gasteiger partial charge in [0.05, 0.1) is 5.60 Å². The van der Waals surface area contributed by atoms with Crippen molar-refractivity contribution in [3.63, 3.8) is 0 Å². The number of hydrogen-bond donors (Lipinski definition) is 1. The lowest BCUT2D eigenvalue weighted by atomic mass is 9.62. The van der Waals surface area contributed by atoms with Crippen LogP contribution in [0.25, 0.3) is 0 Å². The molecule has 0 radical (unpaired) electrons. The molecule has 0 saturated carbocycles. The molecule has 0 bridgehead atoms. The molecule has 2 fully saturated rings. The molecular formula is C30H37F3N2O5. The Labute approximate surface area is 233 Å². The van der Waals surface area contributed by atoms with E-state index in [4.69, 9.17) is 14.2 Å². The normalized spacial score (nSPS) is 21.0. The summed E-state index contributed by atoms with van der Waals surface area (Å²) >= 11 is 0. The third kappa shape index (κ3) is 5.56. The van der Waals surface area contributed by atoms with E-state index in [-0.39, 0.29) is 36.9 Å². The van der Waals surface area contributed by atoms with E-state index < -0.39 is 28.7 Å². The molecule has 0 aromatic heterocycles. The Morgan fingerprint density at radius 1 is 1.00 bits per heavy atom. The lowest BCUT2D eigenvalue weighted by Crippen LogP contribution is -2.60. The summed E-state index contributed by atoms with van der Waals surface area (Å²) in [5, 5.41) is 2.95. The second-order valence-electron chi connectivity index (χ2n) is 11.2. The van der Waals surface area contributed by atoms with Gasteiger partial charge in [-0.05, 0) is 43.7 Å². The Bertz CT molecular complexity index is 1200. The lowest BCUT2D eigenvalue weighted by molar-refractivity contribution is -0.271. The maximum absolute atomic E-state index is 14.5.